The second kappa shape index (κ2) is 8.24. The van der Waals surface area contributed by atoms with Gasteiger partial charge in [-0.05, 0) is 32.5 Å². The molecular formula is C12H29N3O2Si. The fourth-order valence-electron chi connectivity index (χ4n) is 2.21. The molecule has 1 atom stereocenters. The molecule has 0 spiro atoms. The van der Waals surface area contributed by atoms with Crippen LogP contribution < -0.4 is 10.6 Å². The molecule has 1 fully saturated rings. The van der Waals surface area contributed by atoms with Crippen LogP contribution in [0.2, 0.25) is 12.6 Å². The average Bonchev–Trinajstić information content (AvgIpc) is 2.44. The molecule has 1 aliphatic rings. The number of nitrogens with one attached hydrogen (secondary N) is 2. The predicted molar refractivity (Wildman–Crippen MR) is 77.0 cm³/mol. The van der Waals surface area contributed by atoms with Crippen molar-refractivity contribution in [3.8, 4) is 0 Å². The second-order valence-corrected chi connectivity index (χ2v) is 8.65. The molecule has 5 nitrogen and oxygen atoms in total. The maximum atomic E-state index is 5.48. The Labute approximate surface area is 112 Å². The number of piperazine rings is 1. The van der Waals surface area contributed by atoms with Crippen molar-refractivity contribution in [1.29, 1.82) is 0 Å². The lowest BCUT2D eigenvalue weighted by Crippen LogP contribution is -2.52. The van der Waals surface area contributed by atoms with Crippen molar-refractivity contribution < 1.29 is 8.85 Å². The monoisotopic (exact) mass is 275 g/mol. The van der Waals surface area contributed by atoms with Crippen molar-refractivity contribution >= 4 is 8.56 Å². The summed E-state index contributed by atoms with van der Waals surface area (Å²) in [7, 11) is 1.64. The lowest BCUT2D eigenvalue weighted by Gasteiger charge is -2.33. The molecule has 1 aliphatic heterocycles. The molecule has 18 heavy (non-hydrogen) atoms. The number of nitrogens with zero attached hydrogens (tertiary/aromatic N) is 1. The Balaban J connectivity index is 2.13. The molecule has 0 aromatic heterocycles. The van der Waals surface area contributed by atoms with Gasteiger partial charge in [0.05, 0.1) is 6.17 Å². The van der Waals surface area contributed by atoms with Crippen LogP contribution in [-0.2, 0) is 8.85 Å². The lowest BCUT2D eigenvalue weighted by molar-refractivity contribution is 0.157. The number of hydrogen-bond donors (Lipinski definition) is 2. The van der Waals surface area contributed by atoms with E-state index in [4.69, 9.17) is 8.85 Å². The van der Waals surface area contributed by atoms with Gasteiger partial charge >= 0.3 is 8.56 Å². The van der Waals surface area contributed by atoms with Gasteiger partial charge in [-0.25, -0.2) is 0 Å². The molecular weight excluding hydrogens is 246 g/mol. The summed E-state index contributed by atoms with van der Waals surface area (Å²) < 4.78 is 11.0. The van der Waals surface area contributed by atoms with E-state index in [0.717, 1.165) is 45.2 Å². The molecule has 0 radical (unpaired) electrons. The zero-order valence-electron chi connectivity index (χ0n) is 12.3. The highest BCUT2D eigenvalue weighted by Gasteiger charge is 2.27. The minimum atomic E-state index is -1.87. The van der Waals surface area contributed by atoms with Crippen LogP contribution in [0.4, 0.5) is 0 Å². The molecule has 0 aliphatic carbocycles. The van der Waals surface area contributed by atoms with Crippen LogP contribution in [0.5, 0.6) is 0 Å². The van der Waals surface area contributed by atoms with E-state index in [1.54, 1.807) is 14.2 Å². The van der Waals surface area contributed by atoms with E-state index in [1.807, 2.05) is 0 Å². The fraction of sp³-hybridized carbons (Fsp3) is 1.00. The first kappa shape index (κ1) is 16.1. The highest BCUT2D eigenvalue weighted by Crippen LogP contribution is 2.13. The summed E-state index contributed by atoms with van der Waals surface area (Å²) in [6.45, 7) is 9.87. The topological polar surface area (TPSA) is 45.8 Å². The van der Waals surface area contributed by atoms with E-state index in [0.29, 0.717) is 6.17 Å². The largest absolute Gasteiger partial charge is 0.398 e. The normalized spacial score (nSPS) is 20.0. The lowest BCUT2D eigenvalue weighted by atomic mass is 10.3. The Morgan fingerprint density at radius 1 is 1.28 bits per heavy atom. The molecule has 1 saturated heterocycles. The van der Waals surface area contributed by atoms with E-state index in [-0.39, 0.29) is 0 Å². The zero-order valence-corrected chi connectivity index (χ0v) is 13.3. The quantitative estimate of drug-likeness (QED) is 0.501. The van der Waals surface area contributed by atoms with Gasteiger partial charge in [-0.1, -0.05) is 0 Å². The summed E-state index contributed by atoms with van der Waals surface area (Å²) in [5, 5.41) is 6.96. The van der Waals surface area contributed by atoms with Gasteiger partial charge in [0.1, 0.15) is 0 Å². The van der Waals surface area contributed by atoms with Crippen LogP contribution in [0.15, 0.2) is 0 Å². The van der Waals surface area contributed by atoms with Gasteiger partial charge in [-0.3, -0.25) is 4.90 Å². The minimum absolute atomic E-state index is 0.463. The molecule has 0 saturated carbocycles. The maximum Gasteiger partial charge on any atom is 0.334 e. The van der Waals surface area contributed by atoms with Crippen molar-refractivity contribution in [2.75, 3.05) is 46.9 Å². The van der Waals surface area contributed by atoms with Gasteiger partial charge in [0, 0.05) is 40.4 Å². The van der Waals surface area contributed by atoms with Gasteiger partial charge in [-0.2, -0.15) is 0 Å². The standard InChI is InChI=1S/C12H29N3O2Si/c1-12(15-9-7-13-8-10-15)14-6-5-11-18(4,16-2)17-3/h12-14H,5-11H2,1-4H3. The molecule has 0 aromatic carbocycles. The first-order chi connectivity index (χ1) is 8.61. The molecule has 2 N–H and O–H groups in total. The average molecular weight is 275 g/mol. The van der Waals surface area contributed by atoms with E-state index >= 15 is 0 Å². The van der Waals surface area contributed by atoms with Gasteiger partial charge < -0.3 is 19.5 Å². The van der Waals surface area contributed by atoms with Crippen LogP contribution in [0.25, 0.3) is 0 Å². The minimum Gasteiger partial charge on any atom is -0.398 e. The molecule has 108 valence electrons. The van der Waals surface area contributed by atoms with Crippen molar-refractivity contribution in [2.45, 2.75) is 32.1 Å². The Bertz CT molecular complexity index is 221. The number of rotatable bonds is 8. The Kier molecular flexibility index (Phi) is 7.36. The van der Waals surface area contributed by atoms with E-state index < -0.39 is 8.56 Å². The Hall–Kier alpha value is 0.0169. The van der Waals surface area contributed by atoms with Gasteiger partial charge in [-0.15, -0.1) is 0 Å². The summed E-state index contributed by atoms with van der Waals surface area (Å²) >= 11 is 0. The predicted octanol–water partition coefficient (Wildman–Crippen LogP) is 0.582. The number of hydrogen-bond acceptors (Lipinski definition) is 5. The maximum absolute atomic E-state index is 5.48. The van der Waals surface area contributed by atoms with Crippen LogP contribution in [0.3, 0.4) is 0 Å². The summed E-state index contributed by atoms with van der Waals surface area (Å²) in [5.41, 5.74) is 0. The molecule has 0 aromatic rings. The summed E-state index contributed by atoms with van der Waals surface area (Å²) in [4.78, 5) is 2.49. The van der Waals surface area contributed by atoms with Crippen molar-refractivity contribution in [3.05, 3.63) is 0 Å². The third kappa shape index (κ3) is 5.34. The van der Waals surface area contributed by atoms with E-state index in [2.05, 4.69) is 29.0 Å². The first-order valence-electron chi connectivity index (χ1n) is 6.90. The zero-order chi connectivity index (χ0) is 13.4. The summed E-state index contributed by atoms with van der Waals surface area (Å²) in [6.07, 6.45) is 1.58. The summed E-state index contributed by atoms with van der Waals surface area (Å²) in [6, 6.07) is 1.04. The Morgan fingerprint density at radius 3 is 2.44 bits per heavy atom. The van der Waals surface area contributed by atoms with Crippen LogP contribution in [-0.4, -0.2) is 66.6 Å². The second-order valence-electron chi connectivity index (χ2n) is 5.06. The SMILES string of the molecule is CO[Si](C)(CCCNC(C)N1CCNCC1)OC. The van der Waals surface area contributed by atoms with Gasteiger partial charge in [0.2, 0.25) is 0 Å². The molecule has 1 heterocycles. The molecule has 1 rings (SSSR count). The van der Waals surface area contributed by atoms with Gasteiger partial charge in [0.25, 0.3) is 0 Å². The molecule has 1 unspecified atom stereocenters. The van der Waals surface area contributed by atoms with Crippen molar-refractivity contribution in [2.24, 2.45) is 0 Å². The van der Waals surface area contributed by atoms with Crippen LogP contribution >= 0.6 is 0 Å². The fourth-order valence-corrected chi connectivity index (χ4v) is 3.60. The van der Waals surface area contributed by atoms with E-state index in [1.165, 1.54) is 0 Å². The third-order valence-electron chi connectivity index (χ3n) is 3.81. The highest BCUT2D eigenvalue weighted by molar-refractivity contribution is 6.65. The van der Waals surface area contributed by atoms with Crippen LogP contribution in [0.1, 0.15) is 13.3 Å². The first-order valence-corrected chi connectivity index (χ1v) is 9.42. The van der Waals surface area contributed by atoms with Crippen molar-refractivity contribution in [3.63, 3.8) is 0 Å². The summed E-state index contributed by atoms with van der Waals surface area (Å²) in [5.74, 6) is 0. The highest BCUT2D eigenvalue weighted by atomic mass is 28.4. The molecule has 0 amide bonds. The molecule has 6 heteroatoms. The Morgan fingerprint density at radius 2 is 1.89 bits per heavy atom. The van der Waals surface area contributed by atoms with Crippen LogP contribution in [0, 0.1) is 0 Å². The van der Waals surface area contributed by atoms with Gasteiger partial charge in [0.15, 0.2) is 0 Å². The molecule has 0 bridgehead atoms. The third-order valence-corrected chi connectivity index (χ3v) is 6.80. The van der Waals surface area contributed by atoms with Crippen molar-refractivity contribution in [1.82, 2.24) is 15.5 Å². The smallest absolute Gasteiger partial charge is 0.334 e. The van der Waals surface area contributed by atoms with E-state index in [9.17, 15) is 0 Å².